The van der Waals surface area contributed by atoms with Crippen LogP contribution in [-0.2, 0) is 23.7 Å². The van der Waals surface area contributed by atoms with Gasteiger partial charge in [-0.1, -0.05) is 318 Å². The number of hydrogen-bond donors (Lipinski definition) is 9. The highest BCUT2D eigenvalue weighted by Crippen LogP contribution is 2.30. The van der Waals surface area contributed by atoms with Crippen LogP contribution in [0.4, 0.5) is 0 Å². The number of hydrogen-bond acceptors (Lipinski definition) is 13. The predicted octanol–water partition coefficient (Wildman–Crippen LogP) is 17.4. The highest BCUT2D eigenvalue weighted by atomic mass is 16.7. The number of nitrogens with one attached hydrogen (secondary N) is 1. The number of carbonyl (C=O) groups excluding carboxylic acids is 1. The first-order valence-electron chi connectivity index (χ1n) is 39.2. The van der Waals surface area contributed by atoms with Crippen molar-refractivity contribution in [3.63, 3.8) is 0 Å². The summed E-state index contributed by atoms with van der Waals surface area (Å²) in [6.07, 6.45) is 71.4. The van der Waals surface area contributed by atoms with E-state index in [4.69, 9.17) is 18.9 Å². The minimum atomic E-state index is -1.79. The van der Waals surface area contributed by atoms with Crippen molar-refractivity contribution in [3.8, 4) is 0 Å². The summed E-state index contributed by atoms with van der Waals surface area (Å²) in [5, 5.41) is 87.5. The number of aliphatic hydroxyl groups excluding tert-OH is 8. The van der Waals surface area contributed by atoms with E-state index in [0.717, 1.165) is 57.8 Å². The van der Waals surface area contributed by atoms with Gasteiger partial charge in [-0.25, -0.2) is 0 Å². The van der Waals surface area contributed by atoms with Crippen molar-refractivity contribution in [1.82, 2.24) is 5.32 Å². The topological polar surface area (TPSA) is 228 Å². The van der Waals surface area contributed by atoms with E-state index < -0.39 is 86.8 Å². The third-order valence-corrected chi connectivity index (χ3v) is 18.8. The van der Waals surface area contributed by atoms with Crippen LogP contribution in [-0.4, -0.2) is 140 Å². The minimum Gasteiger partial charge on any atom is -0.394 e. The minimum absolute atomic E-state index is 0.249. The largest absolute Gasteiger partial charge is 0.394 e. The van der Waals surface area contributed by atoms with E-state index >= 15 is 0 Å². The molecule has 0 saturated carbocycles. The van der Waals surface area contributed by atoms with Crippen molar-refractivity contribution in [2.24, 2.45) is 0 Å². The Kier molecular flexibility index (Phi) is 59.4. The molecule has 2 saturated heterocycles. The SMILES string of the molecule is CCCCCCC/C=C\C/C=C\C/C=C\CCCCCCCCCCCCCCCCCCCCCCCCCCCCC(=O)NC(COC1OC(CO)C(OC2OC(CO)C(O)C(O)C2O)C(O)C1O)C(O)/C=C/CC/C=C/CC/C=C/CCCCCCCCCCC. The summed E-state index contributed by atoms with van der Waals surface area (Å²) in [7, 11) is 0. The molecule has 0 bridgehead atoms. The van der Waals surface area contributed by atoms with E-state index in [0.29, 0.717) is 12.8 Å². The Morgan fingerprint density at radius 3 is 1.12 bits per heavy atom. The van der Waals surface area contributed by atoms with Crippen molar-refractivity contribution in [3.05, 3.63) is 72.9 Å². The molecule has 2 aliphatic rings. The fraction of sp³-hybridized carbons (Fsp3) is 0.838. The molecule has 14 nitrogen and oxygen atoms in total. The zero-order chi connectivity index (χ0) is 68.0. The maximum Gasteiger partial charge on any atom is 0.220 e. The molecule has 94 heavy (non-hydrogen) atoms. The lowest BCUT2D eigenvalue weighted by Gasteiger charge is -2.46. The number of allylic oxidation sites excluding steroid dienone is 11. The molecule has 0 aliphatic carbocycles. The van der Waals surface area contributed by atoms with Crippen molar-refractivity contribution in [2.75, 3.05) is 19.8 Å². The number of unbranched alkanes of at least 4 members (excludes halogenated alkanes) is 42. The van der Waals surface area contributed by atoms with Crippen molar-refractivity contribution in [2.45, 2.75) is 408 Å². The van der Waals surface area contributed by atoms with Gasteiger partial charge in [0.15, 0.2) is 12.6 Å². The van der Waals surface area contributed by atoms with Gasteiger partial charge < -0.3 is 65.1 Å². The first-order chi connectivity index (χ1) is 46.1. The Bertz CT molecular complexity index is 1860. The molecule has 12 unspecified atom stereocenters. The van der Waals surface area contributed by atoms with Crippen molar-refractivity contribution >= 4 is 5.91 Å². The Morgan fingerprint density at radius 2 is 0.713 bits per heavy atom. The first kappa shape index (κ1) is 87.5. The van der Waals surface area contributed by atoms with Crippen LogP contribution in [0, 0.1) is 0 Å². The van der Waals surface area contributed by atoms with E-state index in [1.54, 1.807) is 6.08 Å². The van der Waals surface area contributed by atoms with Gasteiger partial charge in [0.05, 0.1) is 32.0 Å². The lowest BCUT2D eigenvalue weighted by Crippen LogP contribution is -2.65. The molecule has 0 spiro atoms. The third kappa shape index (κ3) is 46.7. The molecule has 0 aromatic carbocycles. The zero-order valence-corrected chi connectivity index (χ0v) is 60.0. The van der Waals surface area contributed by atoms with Crippen molar-refractivity contribution in [1.29, 1.82) is 0 Å². The first-order valence-corrected chi connectivity index (χ1v) is 39.2. The van der Waals surface area contributed by atoms with Gasteiger partial charge in [0.1, 0.15) is 48.8 Å². The number of ether oxygens (including phenoxy) is 4. The monoisotopic (exact) mass is 1330 g/mol. The van der Waals surface area contributed by atoms with Crippen LogP contribution >= 0.6 is 0 Å². The van der Waals surface area contributed by atoms with Crippen LogP contribution in [0.5, 0.6) is 0 Å². The standard InChI is InChI=1S/C80H145NO13/c1-3-5-7-9-11-13-15-17-19-21-23-24-25-26-27-28-29-30-31-32-33-34-35-36-37-38-39-40-41-42-43-44-46-48-50-52-54-56-58-60-62-64-72(85)81-68(69(84)63-61-59-57-55-53-51-49-47-45-22-20-18-16-14-12-10-8-6-4-2)67-91-79-77(90)75(88)78(71(66-83)93-79)94-80-76(89)74(87)73(86)70(65-82)92-80/h15,17,21,23,25-26,45,47,53,55,61,63,68-71,73-80,82-84,86-90H,3-14,16,18-20,22,24,27-44,46,48-52,54,56-60,62,64-67H2,1-2H3,(H,81,85)/b17-15-,23-21-,26-25-,47-45+,55-53+,63-61+. The van der Waals surface area contributed by atoms with Gasteiger partial charge in [-0.3, -0.25) is 4.79 Å². The maximum atomic E-state index is 13.3. The second-order valence-corrected chi connectivity index (χ2v) is 27.5. The third-order valence-electron chi connectivity index (χ3n) is 18.8. The molecule has 2 fully saturated rings. The molecule has 2 aliphatic heterocycles. The fourth-order valence-electron chi connectivity index (χ4n) is 12.6. The van der Waals surface area contributed by atoms with E-state index in [1.165, 1.54) is 244 Å². The highest BCUT2D eigenvalue weighted by molar-refractivity contribution is 5.76. The molecule has 1 amide bonds. The van der Waals surface area contributed by atoms with Gasteiger partial charge in [-0.05, 0) is 83.5 Å². The van der Waals surface area contributed by atoms with Crippen LogP contribution in [0.25, 0.3) is 0 Å². The molecule has 0 aromatic heterocycles. The summed E-state index contributed by atoms with van der Waals surface area (Å²) in [5.74, 6) is -0.249. The fourth-order valence-corrected chi connectivity index (χ4v) is 12.6. The van der Waals surface area contributed by atoms with E-state index in [2.05, 4.69) is 79.9 Å². The Hall–Kier alpha value is -2.57. The molecule has 0 aromatic rings. The molecule has 2 rings (SSSR count). The van der Waals surface area contributed by atoms with Crippen LogP contribution in [0.1, 0.15) is 335 Å². The van der Waals surface area contributed by atoms with Crippen molar-refractivity contribution < 1.29 is 64.6 Å². The summed E-state index contributed by atoms with van der Waals surface area (Å²) in [4.78, 5) is 13.3. The molecule has 0 radical (unpaired) electrons. The van der Waals surface area contributed by atoms with Gasteiger partial charge in [-0.15, -0.1) is 0 Å². The predicted molar refractivity (Wildman–Crippen MR) is 387 cm³/mol. The smallest absolute Gasteiger partial charge is 0.220 e. The number of amides is 1. The van der Waals surface area contributed by atoms with E-state index in [1.807, 2.05) is 6.08 Å². The van der Waals surface area contributed by atoms with Crippen LogP contribution in [0.2, 0.25) is 0 Å². The van der Waals surface area contributed by atoms with Gasteiger partial charge in [0.25, 0.3) is 0 Å². The summed E-state index contributed by atoms with van der Waals surface area (Å²) < 4.78 is 22.9. The van der Waals surface area contributed by atoms with Crippen LogP contribution in [0.15, 0.2) is 72.9 Å². The van der Waals surface area contributed by atoms with E-state index in [9.17, 15) is 45.6 Å². The van der Waals surface area contributed by atoms with Gasteiger partial charge in [0.2, 0.25) is 5.91 Å². The molecule has 2 heterocycles. The zero-order valence-electron chi connectivity index (χ0n) is 60.0. The summed E-state index contributed by atoms with van der Waals surface area (Å²) in [6, 6.07) is -0.940. The van der Waals surface area contributed by atoms with Crippen LogP contribution < -0.4 is 5.32 Å². The average molecular weight is 1330 g/mol. The van der Waals surface area contributed by atoms with Gasteiger partial charge >= 0.3 is 0 Å². The summed E-state index contributed by atoms with van der Waals surface area (Å²) >= 11 is 0. The lowest BCUT2D eigenvalue weighted by atomic mass is 9.97. The highest BCUT2D eigenvalue weighted by Gasteiger charge is 2.51. The van der Waals surface area contributed by atoms with Gasteiger partial charge in [-0.2, -0.15) is 0 Å². The molecular formula is C80H145NO13. The second kappa shape index (κ2) is 63.8. The Balaban J connectivity index is 1.57. The lowest BCUT2D eigenvalue weighted by molar-refractivity contribution is -0.359. The molecular weight excluding hydrogens is 1180 g/mol. The molecule has 548 valence electrons. The normalized spacial score (nSPS) is 22.8. The molecule has 12 atom stereocenters. The number of aliphatic hydroxyl groups is 8. The number of rotatable bonds is 65. The molecule has 9 N–H and O–H groups in total. The second-order valence-electron chi connectivity index (χ2n) is 27.5. The summed E-state index contributed by atoms with van der Waals surface area (Å²) in [6.45, 7) is 2.79. The van der Waals surface area contributed by atoms with E-state index in [-0.39, 0.29) is 18.9 Å². The Morgan fingerprint density at radius 1 is 0.383 bits per heavy atom. The maximum absolute atomic E-state index is 13.3. The number of carbonyl (C=O) groups is 1. The Labute approximate surface area is 574 Å². The quantitative estimate of drug-likeness (QED) is 0.0204. The van der Waals surface area contributed by atoms with Crippen LogP contribution in [0.3, 0.4) is 0 Å². The molecule has 14 heteroatoms. The summed E-state index contributed by atoms with van der Waals surface area (Å²) in [5.41, 5.74) is 0. The van der Waals surface area contributed by atoms with Gasteiger partial charge in [0, 0.05) is 6.42 Å². The average Bonchev–Trinajstić information content (AvgIpc) is 0.794.